The summed E-state index contributed by atoms with van der Waals surface area (Å²) >= 11 is 0. The van der Waals surface area contributed by atoms with Gasteiger partial charge in [-0.05, 0) is 38.8 Å². The molecule has 5 atom stereocenters. The molecule has 35 heavy (non-hydrogen) atoms. The number of methoxy groups -OCH3 is 1. The van der Waals surface area contributed by atoms with Crippen molar-refractivity contribution in [2.24, 2.45) is 17.6 Å². The molecule has 0 bridgehead atoms. The Labute approximate surface area is 208 Å². The van der Waals surface area contributed by atoms with Crippen LogP contribution >= 0.6 is 0 Å². The quantitative estimate of drug-likeness (QED) is 0.358. The zero-order chi connectivity index (χ0) is 25.6. The molecule has 1 saturated heterocycles. The first-order valence-corrected chi connectivity index (χ1v) is 12.2. The van der Waals surface area contributed by atoms with Gasteiger partial charge in [0.1, 0.15) is 29.8 Å². The molecular formula is C27H39NO7. The molecule has 0 saturated carbocycles. The van der Waals surface area contributed by atoms with Crippen molar-refractivity contribution in [3.05, 3.63) is 41.5 Å². The van der Waals surface area contributed by atoms with Crippen LogP contribution in [0.5, 0.6) is 11.5 Å². The second kappa shape index (κ2) is 12.0. The fourth-order valence-corrected chi connectivity index (χ4v) is 4.23. The van der Waals surface area contributed by atoms with Crippen LogP contribution in [-0.2, 0) is 18.9 Å². The van der Waals surface area contributed by atoms with E-state index in [1.165, 1.54) is 7.11 Å². The molecular weight excluding hydrogens is 450 g/mol. The molecule has 8 heteroatoms. The van der Waals surface area contributed by atoms with Crippen molar-refractivity contribution >= 4 is 12.0 Å². The van der Waals surface area contributed by atoms with E-state index in [1.807, 2.05) is 39.8 Å². The molecule has 8 nitrogen and oxygen atoms in total. The van der Waals surface area contributed by atoms with Crippen LogP contribution in [-0.4, -0.2) is 57.1 Å². The van der Waals surface area contributed by atoms with Gasteiger partial charge in [0.05, 0.1) is 12.2 Å². The molecule has 0 amide bonds. The van der Waals surface area contributed by atoms with Gasteiger partial charge in [0, 0.05) is 31.6 Å². The molecule has 2 aliphatic rings. The van der Waals surface area contributed by atoms with Crippen LogP contribution in [0.3, 0.4) is 0 Å². The number of ether oxygens (including phenoxy) is 6. The SMILES string of the molecule is COCOc1cc(OCCN)cc2c1C(=O)O[C@@H](C)[C@H](C)/C=C\C(C)C1OC(C)(C)OC1CC=C2. The topological polar surface area (TPSA) is 98.5 Å². The number of hydrogen-bond acceptors (Lipinski definition) is 8. The lowest BCUT2D eigenvalue weighted by molar-refractivity contribution is -0.148. The molecule has 194 valence electrons. The van der Waals surface area contributed by atoms with E-state index in [9.17, 15) is 4.79 Å². The van der Waals surface area contributed by atoms with E-state index in [0.717, 1.165) is 0 Å². The second-order valence-corrected chi connectivity index (χ2v) is 9.56. The highest BCUT2D eigenvalue weighted by Gasteiger charge is 2.42. The first-order chi connectivity index (χ1) is 16.6. The van der Waals surface area contributed by atoms with Gasteiger partial charge >= 0.3 is 5.97 Å². The zero-order valence-electron chi connectivity index (χ0n) is 21.6. The summed E-state index contributed by atoms with van der Waals surface area (Å²) in [4.78, 5) is 13.4. The molecule has 2 N–H and O–H groups in total. The van der Waals surface area contributed by atoms with Crippen molar-refractivity contribution in [2.45, 2.75) is 65.1 Å². The van der Waals surface area contributed by atoms with E-state index >= 15 is 0 Å². The number of esters is 1. The number of rotatable bonds is 6. The van der Waals surface area contributed by atoms with Crippen LogP contribution in [0.4, 0.5) is 0 Å². The third-order valence-electron chi connectivity index (χ3n) is 6.19. The largest absolute Gasteiger partial charge is 0.492 e. The molecule has 1 fully saturated rings. The third kappa shape index (κ3) is 7.07. The highest BCUT2D eigenvalue weighted by Crippen LogP contribution is 2.36. The minimum atomic E-state index is -0.667. The molecule has 0 radical (unpaired) electrons. The van der Waals surface area contributed by atoms with Gasteiger partial charge in [0.15, 0.2) is 12.6 Å². The maximum absolute atomic E-state index is 13.4. The number of cyclic esters (lactones) is 1. The van der Waals surface area contributed by atoms with Crippen molar-refractivity contribution in [2.75, 3.05) is 27.1 Å². The molecule has 0 aliphatic carbocycles. The fraction of sp³-hybridized carbons (Fsp3) is 0.593. The highest BCUT2D eigenvalue weighted by atomic mass is 16.8. The van der Waals surface area contributed by atoms with Crippen LogP contribution in [0.2, 0.25) is 0 Å². The molecule has 0 aromatic heterocycles. The van der Waals surface area contributed by atoms with Crippen molar-refractivity contribution in [1.82, 2.24) is 0 Å². The van der Waals surface area contributed by atoms with Gasteiger partial charge in [-0.2, -0.15) is 0 Å². The number of nitrogens with two attached hydrogens (primary N) is 1. The van der Waals surface area contributed by atoms with Gasteiger partial charge in [-0.15, -0.1) is 0 Å². The smallest absolute Gasteiger partial charge is 0.342 e. The maximum Gasteiger partial charge on any atom is 0.342 e. The number of fused-ring (bicyclic) bond motifs is 2. The molecule has 1 aromatic rings. The number of hydrogen-bond donors (Lipinski definition) is 1. The van der Waals surface area contributed by atoms with E-state index in [4.69, 9.17) is 34.2 Å². The minimum absolute atomic E-state index is 0.00683. The Kier molecular flexibility index (Phi) is 9.35. The number of carbonyl (C=O) groups is 1. The van der Waals surface area contributed by atoms with Crippen LogP contribution in [0.1, 0.15) is 57.0 Å². The minimum Gasteiger partial charge on any atom is -0.492 e. The maximum atomic E-state index is 13.4. The predicted molar refractivity (Wildman–Crippen MR) is 133 cm³/mol. The van der Waals surface area contributed by atoms with E-state index < -0.39 is 11.8 Å². The van der Waals surface area contributed by atoms with Crippen LogP contribution in [0.25, 0.3) is 6.08 Å². The lowest BCUT2D eigenvalue weighted by atomic mass is 9.94. The van der Waals surface area contributed by atoms with Crippen molar-refractivity contribution in [1.29, 1.82) is 0 Å². The summed E-state index contributed by atoms with van der Waals surface area (Å²) < 4.78 is 34.9. The van der Waals surface area contributed by atoms with Crippen LogP contribution in [0, 0.1) is 11.8 Å². The Hall–Kier alpha value is -2.39. The molecule has 2 heterocycles. The zero-order valence-corrected chi connectivity index (χ0v) is 21.6. The standard InChI is InChI=1S/C27H39NO7/c1-17-10-11-18(2)25-22(34-27(4,5)35-25)9-7-8-20-14-21(31-13-12-28)15-23(32-16-30-6)24(20)26(29)33-19(17)3/h7-8,10-11,14-15,17-19,22,25H,9,12-13,16,28H2,1-6H3/b8-7?,11-10-/t17-,18?,19+,22?,25?/m1/s1. The normalized spacial score (nSPS) is 29.5. The summed E-state index contributed by atoms with van der Waals surface area (Å²) in [6.45, 7) is 10.6. The summed E-state index contributed by atoms with van der Waals surface area (Å²) in [6.07, 6.45) is 8.06. The fourth-order valence-electron chi connectivity index (χ4n) is 4.23. The summed E-state index contributed by atoms with van der Waals surface area (Å²) in [5.74, 6) is -0.162. The Morgan fingerprint density at radius 3 is 2.54 bits per heavy atom. The van der Waals surface area contributed by atoms with E-state index in [2.05, 4.69) is 19.1 Å². The van der Waals surface area contributed by atoms with Crippen LogP contribution in [0.15, 0.2) is 30.4 Å². The van der Waals surface area contributed by atoms with Gasteiger partial charge in [0.2, 0.25) is 0 Å². The lowest BCUT2D eigenvalue weighted by Gasteiger charge is -2.23. The van der Waals surface area contributed by atoms with Gasteiger partial charge in [-0.1, -0.05) is 38.2 Å². The van der Waals surface area contributed by atoms with E-state index in [-0.39, 0.29) is 36.9 Å². The Balaban J connectivity index is 2.06. The summed E-state index contributed by atoms with van der Waals surface area (Å²) in [6, 6.07) is 3.45. The monoisotopic (exact) mass is 489 g/mol. The Morgan fingerprint density at radius 1 is 1.09 bits per heavy atom. The third-order valence-corrected chi connectivity index (χ3v) is 6.19. The Morgan fingerprint density at radius 2 is 1.83 bits per heavy atom. The molecule has 1 aromatic carbocycles. The van der Waals surface area contributed by atoms with E-state index in [0.29, 0.717) is 42.2 Å². The molecule has 3 rings (SSSR count). The van der Waals surface area contributed by atoms with Crippen molar-refractivity contribution < 1.29 is 33.2 Å². The Bertz CT molecular complexity index is 926. The average Bonchev–Trinajstić information content (AvgIpc) is 3.12. The summed E-state index contributed by atoms with van der Waals surface area (Å²) in [5, 5.41) is 0. The number of carbonyl (C=O) groups excluding carboxylic acids is 1. The van der Waals surface area contributed by atoms with Crippen LogP contribution < -0.4 is 15.2 Å². The second-order valence-electron chi connectivity index (χ2n) is 9.56. The van der Waals surface area contributed by atoms with E-state index in [1.54, 1.807) is 12.1 Å². The molecule has 0 spiro atoms. The van der Waals surface area contributed by atoms with Gasteiger partial charge in [0.25, 0.3) is 0 Å². The summed E-state index contributed by atoms with van der Waals surface area (Å²) in [5.41, 5.74) is 6.54. The average molecular weight is 490 g/mol. The first kappa shape index (κ1) is 27.2. The van der Waals surface area contributed by atoms with Crippen molar-refractivity contribution in [3.63, 3.8) is 0 Å². The van der Waals surface area contributed by atoms with Gasteiger partial charge < -0.3 is 34.2 Å². The first-order valence-electron chi connectivity index (χ1n) is 12.2. The van der Waals surface area contributed by atoms with Crippen molar-refractivity contribution in [3.8, 4) is 11.5 Å². The number of benzene rings is 1. The molecule has 2 aliphatic heterocycles. The lowest BCUT2D eigenvalue weighted by Crippen LogP contribution is -2.29. The van der Waals surface area contributed by atoms with Gasteiger partial charge in [-0.25, -0.2) is 4.79 Å². The highest BCUT2D eigenvalue weighted by molar-refractivity contribution is 5.97. The van der Waals surface area contributed by atoms with Gasteiger partial charge in [-0.3, -0.25) is 0 Å². The molecule has 3 unspecified atom stereocenters. The predicted octanol–water partition coefficient (Wildman–Crippen LogP) is 4.32. The summed E-state index contributed by atoms with van der Waals surface area (Å²) in [7, 11) is 1.52.